The lowest BCUT2D eigenvalue weighted by Gasteiger charge is -2.29. The molecule has 2 heterocycles. The van der Waals surface area contributed by atoms with Gasteiger partial charge in [-0.05, 0) is 0 Å². The first kappa shape index (κ1) is 15.6. The van der Waals surface area contributed by atoms with Gasteiger partial charge in [0.05, 0.1) is 12.2 Å². The highest BCUT2D eigenvalue weighted by atomic mass is 33.1. The summed E-state index contributed by atoms with van der Waals surface area (Å²) in [6.07, 6.45) is -0.466. The van der Waals surface area contributed by atoms with Crippen LogP contribution in [0.15, 0.2) is 0 Å². The van der Waals surface area contributed by atoms with E-state index < -0.39 is 0 Å². The molecule has 0 spiro atoms. The van der Waals surface area contributed by atoms with Crippen LogP contribution in [0.4, 0.5) is 0 Å². The van der Waals surface area contributed by atoms with E-state index in [1.165, 1.54) is 0 Å². The number of nitrogens with one attached hydrogen (secondary N) is 2. The fourth-order valence-electron chi connectivity index (χ4n) is 1.84. The van der Waals surface area contributed by atoms with Gasteiger partial charge >= 0.3 is 0 Å². The van der Waals surface area contributed by atoms with Gasteiger partial charge in [0.15, 0.2) is 0 Å². The van der Waals surface area contributed by atoms with Crippen LogP contribution in [0, 0.1) is 0 Å². The van der Waals surface area contributed by atoms with Crippen molar-refractivity contribution in [1.82, 2.24) is 10.6 Å². The fraction of sp³-hybridized carbons (Fsp3) is 1.00. The van der Waals surface area contributed by atoms with Gasteiger partial charge in [0.1, 0.15) is 0 Å². The zero-order valence-corrected chi connectivity index (χ0v) is 13.3. The average molecular weight is 329 g/mol. The van der Waals surface area contributed by atoms with E-state index in [1.807, 2.05) is 21.6 Å². The molecule has 2 aliphatic heterocycles. The van der Waals surface area contributed by atoms with Gasteiger partial charge in [-0.2, -0.15) is 0 Å². The Balaban J connectivity index is 1.57. The van der Waals surface area contributed by atoms with Crippen LogP contribution < -0.4 is 10.6 Å². The molecule has 0 aromatic carbocycles. The second kappa shape index (κ2) is 8.51. The molecule has 0 aromatic heterocycles. The van der Waals surface area contributed by atoms with Crippen molar-refractivity contribution in [3.63, 3.8) is 0 Å². The highest BCUT2D eigenvalue weighted by Crippen LogP contribution is 2.30. The molecule has 0 amide bonds. The van der Waals surface area contributed by atoms with Gasteiger partial charge in [-0.15, -0.1) is 0 Å². The molecule has 106 valence electrons. The highest BCUT2D eigenvalue weighted by Gasteiger charge is 2.25. The van der Waals surface area contributed by atoms with E-state index in [1.54, 1.807) is 21.6 Å². The van der Waals surface area contributed by atoms with Crippen LogP contribution in [0.2, 0.25) is 0 Å². The first-order valence-electron chi connectivity index (χ1n) is 6.09. The van der Waals surface area contributed by atoms with Crippen LogP contribution in [0.25, 0.3) is 0 Å². The van der Waals surface area contributed by atoms with Crippen molar-refractivity contribution < 1.29 is 10.2 Å². The molecule has 0 saturated carbocycles. The van der Waals surface area contributed by atoms with Crippen LogP contribution in [-0.2, 0) is 0 Å². The van der Waals surface area contributed by atoms with E-state index in [-0.39, 0.29) is 24.3 Å². The predicted molar refractivity (Wildman–Crippen MR) is 85.4 cm³/mol. The molecule has 18 heavy (non-hydrogen) atoms. The molecule has 2 saturated heterocycles. The SMILES string of the molecule is OC1CSSCC1NCCNC1CSSCC1O. The summed E-state index contributed by atoms with van der Waals surface area (Å²) in [6.45, 7) is 1.68. The number of aliphatic hydroxyl groups excluding tert-OH is 2. The van der Waals surface area contributed by atoms with Crippen LogP contribution in [0.1, 0.15) is 0 Å². The molecule has 4 nitrogen and oxygen atoms in total. The average Bonchev–Trinajstić information content (AvgIpc) is 2.38. The third kappa shape index (κ3) is 4.97. The quantitative estimate of drug-likeness (QED) is 0.428. The summed E-state index contributed by atoms with van der Waals surface area (Å²) < 4.78 is 0. The molecule has 0 radical (unpaired) electrons. The Labute approximate surface area is 124 Å². The highest BCUT2D eigenvalue weighted by molar-refractivity contribution is 8.77. The standard InChI is InChI=1S/C10H20N2O2S4/c13-9-5-17-15-3-7(9)11-1-2-12-8-4-16-18-6-10(8)14/h7-14H,1-6H2. The van der Waals surface area contributed by atoms with Crippen molar-refractivity contribution in [2.24, 2.45) is 0 Å². The maximum atomic E-state index is 9.80. The predicted octanol–water partition coefficient (Wildman–Crippen LogP) is 0.415. The normalized spacial score (nSPS) is 37.7. The molecular formula is C10H20N2O2S4. The Kier molecular flexibility index (Phi) is 7.39. The van der Waals surface area contributed by atoms with Gasteiger partial charge < -0.3 is 20.8 Å². The lowest BCUT2D eigenvalue weighted by molar-refractivity contribution is 0.151. The maximum Gasteiger partial charge on any atom is 0.0800 e. The lowest BCUT2D eigenvalue weighted by atomic mass is 10.2. The Bertz CT molecular complexity index is 226. The van der Waals surface area contributed by atoms with Crippen molar-refractivity contribution in [3.05, 3.63) is 0 Å². The summed E-state index contributed by atoms with van der Waals surface area (Å²) in [5, 5.41) is 26.4. The first-order chi connectivity index (χ1) is 8.77. The molecule has 4 N–H and O–H groups in total. The van der Waals surface area contributed by atoms with E-state index in [9.17, 15) is 10.2 Å². The topological polar surface area (TPSA) is 64.5 Å². The van der Waals surface area contributed by atoms with E-state index in [0.29, 0.717) is 0 Å². The molecule has 2 fully saturated rings. The van der Waals surface area contributed by atoms with Crippen LogP contribution in [-0.4, -0.2) is 70.6 Å². The van der Waals surface area contributed by atoms with Crippen molar-refractivity contribution in [2.75, 3.05) is 36.1 Å². The van der Waals surface area contributed by atoms with E-state index in [4.69, 9.17) is 0 Å². The molecule has 2 aliphatic rings. The van der Waals surface area contributed by atoms with E-state index in [0.717, 1.165) is 36.1 Å². The summed E-state index contributed by atoms with van der Waals surface area (Å²) >= 11 is 0. The zero-order valence-electron chi connectivity index (χ0n) is 10.1. The number of aliphatic hydroxyl groups is 2. The fourth-order valence-corrected chi connectivity index (χ4v) is 6.81. The van der Waals surface area contributed by atoms with Gasteiger partial charge in [0, 0.05) is 48.2 Å². The van der Waals surface area contributed by atoms with E-state index >= 15 is 0 Å². The molecule has 8 heteroatoms. The largest absolute Gasteiger partial charge is 0.391 e. The maximum absolute atomic E-state index is 9.80. The molecule has 0 aromatic rings. The van der Waals surface area contributed by atoms with E-state index in [2.05, 4.69) is 10.6 Å². The smallest absolute Gasteiger partial charge is 0.0800 e. The molecular weight excluding hydrogens is 308 g/mol. The molecule has 2 rings (SSSR count). The Hall–Kier alpha value is 1.24. The zero-order chi connectivity index (χ0) is 12.8. The summed E-state index contributed by atoms with van der Waals surface area (Å²) in [7, 11) is 7.13. The van der Waals surface area contributed by atoms with Crippen LogP contribution in [0.3, 0.4) is 0 Å². The molecule has 4 atom stereocenters. The number of rotatable bonds is 5. The van der Waals surface area contributed by atoms with Gasteiger partial charge in [-0.3, -0.25) is 0 Å². The van der Waals surface area contributed by atoms with Crippen molar-refractivity contribution in [2.45, 2.75) is 24.3 Å². The van der Waals surface area contributed by atoms with Gasteiger partial charge in [0.25, 0.3) is 0 Å². The minimum Gasteiger partial charge on any atom is -0.391 e. The second-order valence-corrected chi connectivity index (χ2v) is 9.50. The molecule has 0 bridgehead atoms. The van der Waals surface area contributed by atoms with Crippen molar-refractivity contribution >= 4 is 43.2 Å². The number of hydrogen-bond acceptors (Lipinski definition) is 8. The summed E-state index contributed by atoms with van der Waals surface area (Å²) in [4.78, 5) is 0. The third-order valence-electron chi connectivity index (χ3n) is 3.01. The second-order valence-electron chi connectivity index (χ2n) is 4.39. The minimum absolute atomic E-state index is 0.208. The summed E-state index contributed by atoms with van der Waals surface area (Å²) in [5.41, 5.74) is 0. The Morgan fingerprint density at radius 3 is 1.50 bits per heavy atom. The molecule has 4 unspecified atom stereocenters. The van der Waals surface area contributed by atoms with Gasteiger partial charge in [-0.25, -0.2) is 0 Å². The lowest BCUT2D eigenvalue weighted by Crippen LogP contribution is -2.50. The summed E-state index contributed by atoms with van der Waals surface area (Å²) in [5.74, 6) is 3.55. The Morgan fingerprint density at radius 2 is 1.11 bits per heavy atom. The van der Waals surface area contributed by atoms with Crippen molar-refractivity contribution in [1.29, 1.82) is 0 Å². The first-order valence-corrected chi connectivity index (χ1v) is 11.1. The third-order valence-corrected chi connectivity index (χ3v) is 7.92. The number of hydrogen-bond donors (Lipinski definition) is 4. The van der Waals surface area contributed by atoms with Crippen LogP contribution in [0.5, 0.6) is 0 Å². The minimum atomic E-state index is -0.233. The van der Waals surface area contributed by atoms with Gasteiger partial charge in [-0.1, -0.05) is 43.2 Å². The Morgan fingerprint density at radius 1 is 0.722 bits per heavy atom. The van der Waals surface area contributed by atoms with Crippen LogP contribution >= 0.6 is 43.2 Å². The summed E-state index contributed by atoms with van der Waals surface area (Å²) in [6, 6.07) is 0.415. The molecule has 0 aliphatic carbocycles. The monoisotopic (exact) mass is 328 g/mol. The van der Waals surface area contributed by atoms with Gasteiger partial charge in [0.2, 0.25) is 0 Å². The van der Waals surface area contributed by atoms with Crippen molar-refractivity contribution in [3.8, 4) is 0 Å².